The van der Waals surface area contributed by atoms with Crippen molar-refractivity contribution in [1.29, 1.82) is 0 Å². The van der Waals surface area contributed by atoms with E-state index in [-0.39, 0.29) is 6.04 Å². The summed E-state index contributed by atoms with van der Waals surface area (Å²) in [7, 11) is 0. The number of carboxylic acid groups (broad SMARTS) is 1. The third-order valence-corrected chi connectivity index (χ3v) is 4.93. The molecule has 1 fully saturated rings. The lowest BCUT2D eigenvalue weighted by Gasteiger charge is -2.32. The van der Waals surface area contributed by atoms with Crippen LogP contribution in [0.1, 0.15) is 0 Å². The van der Waals surface area contributed by atoms with E-state index in [9.17, 15) is 4.79 Å². The number of hydrogen-bond acceptors (Lipinski definition) is 4. The summed E-state index contributed by atoms with van der Waals surface area (Å²) in [4.78, 5) is 14.5. The van der Waals surface area contributed by atoms with Crippen molar-refractivity contribution in [3.63, 3.8) is 0 Å². The molecule has 0 aliphatic carbocycles. The van der Waals surface area contributed by atoms with E-state index in [1.165, 1.54) is 4.90 Å². The number of carboxylic acids is 1. The summed E-state index contributed by atoms with van der Waals surface area (Å²) in [5.41, 5.74) is 0. The second-order valence-electron chi connectivity index (χ2n) is 4.13. The molecule has 0 amide bonds. The van der Waals surface area contributed by atoms with Gasteiger partial charge in [0.25, 0.3) is 0 Å². The third-order valence-electron chi connectivity index (χ3n) is 2.91. The Labute approximate surface area is 116 Å². The SMILES string of the molecule is O=C(O)C1CSCCN1CCSc1ccccc1. The first-order valence-corrected chi connectivity index (χ1v) is 8.14. The molecule has 1 heterocycles. The lowest BCUT2D eigenvalue weighted by molar-refractivity contribution is -0.142. The van der Waals surface area contributed by atoms with Crippen LogP contribution in [0.4, 0.5) is 0 Å². The molecule has 1 aromatic rings. The van der Waals surface area contributed by atoms with Crippen LogP contribution in [0.15, 0.2) is 35.2 Å². The zero-order valence-electron chi connectivity index (χ0n) is 10.1. The Balaban J connectivity index is 1.79. The fourth-order valence-corrected chi connectivity index (χ4v) is 3.95. The zero-order valence-corrected chi connectivity index (χ0v) is 11.8. The first kappa shape index (κ1) is 13.8. The average Bonchev–Trinajstić information content (AvgIpc) is 2.40. The minimum Gasteiger partial charge on any atom is -0.480 e. The van der Waals surface area contributed by atoms with E-state index in [1.807, 2.05) is 18.2 Å². The number of hydrogen-bond donors (Lipinski definition) is 1. The van der Waals surface area contributed by atoms with Crippen molar-refractivity contribution in [2.75, 3.05) is 30.3 Å². The maximum absolute atomic E-state index is 11.1. The summed E-state index contributed by atoms with van der Waals surface area (Å²) in [5, 5.41) is 9.16. The van der Waals surface area contributed by atoms with Crippen LogP contribution in [0.25, 0.3) is 0 Å². The zero-order chi connectivity index (χ0) is 12.8. The third kappa shape index (κ3) is 3.93. The molecule has 3 nitrogen and oxygen atoms in total. The Hall–Kier alpha value is -0.650. The van der Waals surface area contributed by atoms with Gasteiger partial charge in [-0.05, 0) is 12.1 Å². The highest BCUT2D eigenvalue weighted by Gasteiger charge is 2.28. The molecule has 0 spiro atoms. The summed E-state index contributed by atoms with van der Waals surface area (Å²) in [5.74, 6) is 2.01. The van der Waals surface area contributed by atoms with Crippen molar-refractivity contribution < 1.29 is 9.90 Å². The molecule has 18 heavy (non-hydrogen) atoms. The molecule has 2 rings (SSSR count). The molecule has 5 heteroatoms. The Morgan fingerprint density at radius 1 is 1.44 bits per heavy atom. The highest BCUT2D eigenvalue weighted by atomic mass is 32.2. The molecular weight excluding hydrogens is 266 g/mol. The smallest absolute Gasteiger partial charge is 0.321 e. The lowest BCUT2D eigenvalue weighted by atomic mass is 10.3. The fraction of sp³-hybridized carbons (Fsp3) is 0.462. The second-order valence-corrected chi connectivity index (χ2v) is 6.44. The molecule has 98 valence electrons. The van der Waals surface area contributed by atoms with Crippen LogP contribution in [0.3, 0.4) is 0 Å². The van der Waals surface area contributed by atoms with E-state index >= 15 is 0 Å². The van der Waals surface area contributed by atoms with Crippen LogP contribution < -0.4 is 0 Å². The van der Waals surface area contributed by atoms with Gasteiger partial charge in [-0.1, -0.05) is 18.2 Å². The van der Waals surface area contributed by atoms with Crippen molar-refractivity contribution in [2.24, 2.45) is 0 Å². The maximum Gasteiger partial charge on any atom is 0.321 e. The van der Waals surface area contributed by atoms with Gasteiger partial charge in [0, 0.05) is 35.2 Å². The summed E-state index contributed by atoms with van der Waals surface area (Å²) < 4.78 is 0. The molecule has 1 atom stereocenters. The van der Waals surface area contributed by atoms with Crippen LogP contribution in [0, 0.1) is 0 Å². The minimum atomic E-state index is -0.688. The molecule has 0 aromatic heterocycles. The van der Waals surface area contributed by atoms with Gasteiger partial charge in [-0.2, -0.15) is 11.8 Å². The average molecular weight is 283 g/mol. The van der Waals surface area contributed by atoms with Crippen molar-refractivity contribution in [3.05, 3.63) is 30.3 Å². The number of aliphatic carboxylic acids is 1. The predicted molar refractivity (Wildman–Crippen MR) is 77.5 cm³/mol. The van der Waals surface area contributed by atoms with Gasteiger partial charge in [0.15, 0.2) is 0 Å². The number of nitrogens with zero attached hydrogens (tertiary/aromatic N) is 1. The van der Waals surface area contributed by atoms with E-state index in [4.69, 9.17) is 5.11 Å². The molecule has 1 aromatic carbocycles. The number of thioether (sulfide) groups is 2. The Bertz CT molecular complexity index is 386. The lowest BCUT2D eigenvalue weighted by Crippen LogP contribution is -2.48. The molecule has 1 unspecified atom stereocenters. The van der Waals surface area contributed by atoms with E-state index in [2.05, 4.69) is 17.0 Å². The van der Waals surface area contributed by atoms with Crippen molar-refractivity contribution >= 4 is 29.5 Å². The van der Waals surface area contributed by atoms with Crippen LogP contribution in [-0.2, 0) is 4.79 Å². The molecule has 0 bridgehead atoms. The van der Waals surface area contributed by atoms with Gasteiger partial charge >= 0.3 is 5.97 Å². The molecule has 0 saturated carbocycles. The molecule has 0 radical (unpaired) electrons. The topological polar surface area (TPSA) is 40.5 Å². The fourth-order valence-electron chi connectivity index (χ4n) is 1.93. The van der Waals surface area contributed by atoms with Gasteiger partial charge in [-0.15, -0.1) is 11.8 Å². The molecule has 1 aliphatic rings. The van der Waals surface area contributed by atoms with E-state index in [1.54, 1.807) is 23.5 Å². The van der Waals surface area contributed by atoms with Crippen molar-refractivity contribution in [3.8, 4) is 0 Å². The molecular formula is C13H17NO2S2. The maximum atomic E-state index is 11.1. The molecule has 1 saturated heterocycles. The predicted octanol–water partition coefficient (Wildman–Crippen LogP) is 2.28. The standard InChI is InChI=1S/C13H17NO2S2/c15-13(16)12-10-17-8-6-14(12)7-9-18-11-4-2-1-3-5-11/h1-5,12H,6-10H2,(H,15,16). The normalized spacial score (nSPS) is 20.8. The van der Waals surface area contributed by atoms with Gasteiger partial charge in [-0.25, -0.2) is 0 Å². The van der Waals surface area contributed by atoms with Gasteiger partial charge in [0.1, 0.15) is 6.04 Å². The van der Waals surface area contributed by atoms with Gasteiger partial charge in [0.05, 0.1) is 0 Å². The quantitative estimate of drug-likeness (QED) is 0.840. The number of rotatable bonds is 5. The van der Waals surface area contributed by atoms with Gasteiger partial charge in [0.2, 0.25) is 0 Å². The highest BCUT2D eigenvalue weighted by Crippen LogP contribution is 2.20. The van der Waals surface area contributed by atoms with Crippen molar-refractivity contribution in [2.45, 2.75) is 10.9 Å². The van der Waals surface area contributed by atoms with E-state index < -0.39 is 5.97 Å². The molecule has 1 aliphatic heterocycles. The summed E-state index contributed by atoms with van der Waals surface area (Å²) >= 11 is 3.52. The minimum absolute atomic E-state index is 0.305. The molecule has 1 N–H and O–H groups in total. The van der Waals surface area contributed by atoms with Crippen LogP contribution in [-0.4, -0.2) is 52.4 Å². The largest absolute Gasteiger partial charge is 0.480 e. The van der Waals surface area contributed by atoms with E-state index in [0.29, 0.717) is 5.75 Å². The number of benzene rings is 1. The Kier molecular flexibility index (Phi) is 5.41. The van der Waals surface area contributed by atoms with Crippen LogP contribution >= 0.6 is 23.5 Å². The first-order valence-electron chi connectivity index (χ1n) is 6.00. The summed E-state index contributed by atoms with van der Waals surface area (Å²) in [6.45, 7) is 1.73. The van der Waals surface area contributed by atoms with E-state index in [0.717, 1.165) is 24.6 Å². The highest BCUT2D eigenvalue weighted by molar-refractivity contribution is 7.99. The van der Waals surface area contributed by atoms with Crippen LogP contribution in [0.5, 0.6) is 0 Å². The first-order chi connectivity index (χ1) is 8.77. The second kappa shape index (κ2) is 7.07. The van der Waals surface area contributed by atoms with Gasteiger partial charge in [-0.3, -0.25) is 9.69 Å². The monoisotopic (exact) mass is 283 g/mol. The number of carbonyl (C=O) groups is 1. The van der Waals surface area contributed by atoms with Gasteiger partial charge < -0.3 is 5.11 Å². The summed E-state index contributed by atoms with van der Waals surface area (Å²) in [6, 6.07) is 9.93. The van der Waals surface area contributed by atoms with Crippen molar-refractivity contribution in [1.82, 2.24) is 4.90 Å². The summed E-state index contributed by atoms with van der Waals surface area (Å²) in [6.07, 6.45) is 0. The van der Waals surface area contributed by atoms with Crippen LogP contribution in [0.2, 0.25) is 0 Å². The Morgan fingerprint density at radius 2 is 2.22 bits per heavy atom. The Morgan fingerprint density at radius 3 is 2.94 bits per heavy atom.